The molecule has 1 amide bonds. The van der Waals surface area contributed by atoms with Crippen LogP contribution in [-0.4, -0.2) is 42.7 Å². The van der Waals surface area contributed by atoms with E-state index in [2.05, 4.69) is 10.4 Å². The Morgan fingerprint density at radius 1 is 1.10 bits per heavy atom. The molecule has 0 radical (unpaired) electrons. The molecule has 0 unspecified atom stereocenters. The van der Waals surface area contributed by atoms with Crippen LogP contribution in [0.1, 0.15) is 21.7 Å². The first-order valence-corrected chi connectivity index (χ1v) is 10.7. The number of nitrogens with zero attached hydrogens (tertiary/aromatic N) is 3. The highest BCUT2D eigenvalue weighted by atomic mass is 35.5. The van der Waals surface area contributed by atoms with Crippen LogP contribution in [0.15, 0.2) is 53.4 Å². The van der Waals surface area contributed by atoms with E-state index in [-0.39, 0.29) is 10.8 Å². The normalized spacial score (nSPS) is 11.7. The Bertz CT molecular complexity index is 1170. The third-order valence-electron chi connectivity index (χ3n) is 4.58. The summed E-state index contributed by atoms with van der Waals surface area (Å²) >= 11 is 6.19. The third-order valence-corrected chi connectivity index (χ3v) is 6.82. The summed E-state index contributed by atoms with van der Waals surface area (Å²) in [7, 11) is -1.18. The van der Waals surface area contributed by atoms with E-state index in [1.165, 1.54) is 38.4 Å². The van der Waals surface area contributed by atoms with Crippen molar-refractivity contribution in [2.24, 2.45) is 0 Å². The van der Waals surface area contributed by atoms with Crippen LogP contribution in [0.4, 0.5) is 5.69 Å². The molecule has 0 aliphatic rings. The van der Waals surface area contributed by atoms with Crippen LogP contribution >= 0.6 is 11.6 Å². The van der Waals surface area contributed by atoms with Crippen LogP contribution in [-0.2, 0) is 14.9 Å². The van der Waals surface area contributed by atoms with Crippen molar-refractivity contribution in [1.29, 1.82) is 0 Å². The number of hydrogen-bond acceptors (Lipinski definition) is 5. The van der Waals surface area contributed by atoms with Crippen LogP contribution < -0.4 is 5.32 Å². The number of carbonyl (C=O) groups excluding carboxylic acids is 1. The highest BCUT2D eigenvalue weighted by Crippen LogP contribution is 2.23. The van der Waals surface area contributed by atoms with Crippen LogP contribution in [0.3, 0.4) is 0 Å². The first-order chi connectivity index (χ1) is 14.1. The van der Waals surface area contributed by atoms with Gasteiger partial charge in [0.25, 0.3) is 15.9 Å². The number of halogens is 1. The van der Waals surface area contributed by atoms with E-state index in [0.717, 1.165) is 21.5 Å². The second-order valence-corrected chi connectivity index (χ2v) is 8.83. The quantitative estimate of drug-likeness (QED) is 0.582. The molecule has 0 atom stereocenters. The standard InChI is InChI=1S/C20H21ClN4O4S/c1-13-19(21)14(2)25(23-13)17-9-5-15(6-10-17)20(26)22-16-7-11-18(12-8-16)30(27,28)24(3)29-4/h5-12H,1-4H3,(H,22,26). The zero-order chi connectivity index (χ0) is 22.1. The maximum absolute atomic E-state index is 12.5. The summed E-state index contributed by atoms with van der Waals surface area (Å²) < 4.78 is 26.9. The SMILES string of the molecule is CON(C)S(=O)(=O)c1ccc(NC(=O)c2ccc(-n3nc(C)c(Cl)c3C)cc2)cc1. The smallest absolute Gasteiger partial charge is 0.264 e. The lowest BCUT2D eigenvalue weighted by molar-refractivity contribution is -0.0258. The summed E-state index contributed by atoms with van der Waals surface area (Å²) in [6.45, 7) is 3.70. The third kappa shape index (κ3) is 4.24. The van der Waals surface area contributed by atoms with Gasteiger partial charge in [0.05, 0.1) is 34.1 Å². The van der Waals surface area contributed by atoms with E-state index < -0.39 is 10.0 Å². The van der Waals surface area contributed by atoms with Gasteiger partial charge < -0.3 is 5.32 Å². The van der Waals surface area contributed by atoms with E-state index >= 15 is 0 Å². The number of nitrogens with one attached hydrogen (secondary N) is 1. The topological polar surface area (TPSA) is 93.5 Å². The Balaban J connectivity index is 1.74. The van der Waals surface area contributed by atoms with Crippen molar-refractivity contribution >= 4 is 33.2 Å². The molecule has 30 heavy (non-hydrogen) atoms. The van der Waals surface area contributed by atoms with Gasteiger partial charge in [-0.2, -0.15) is 5.10 Å². The van der Waals surface area contributed by atoms with Crippen molar-refractivity contribution in [1.82, 2.24) is 14.2 Å². The van der Waals surface area contributed by atoms with Crippen LogP contribution in [0.25, 0.3) is 5.69 Å². The van der Waals surface area contributed by atoms with Gasteiger partial charge in [-0.05, 0) is 62.4 Å². The number of hydrogen-bond donors (Lipinski definition) is 1. The second kappa shape index (κ2) is 8.57. The zero-order valence-corrected chi connectivity index (χ0v) is 18.5. The molecule has 0 spiro atoms. The van der Waals surface area contributed by atoms with Gasteiger partial charge in [-0.25, -0.2) is 13.1 Å². The maximum Gasteiger partial charge on any atom is 0.264 e. The largest absolute Gasteiger partial charge is 0.322 e. The highest BCUT2D eigenvalue weighted by molar-refractivity contribution is 7.89. The van der Waals surface area contributed by atoms with Gasteiger partial charge in [-0.1, -0.05) is 16.1 Å². The fourth-order valence-electron chi connectivity index (χ4n) is 2.79. The van der Waals surface area contributed by atoms with Crippen LogP contribution in [0.2, 0.25) is 5.02 Å². The molecule has 1 N–H and O–H groups in total. The van der Waals surface area contributed by atoms with Crippen molar-refractivity contribution in [3.8, 4) is 5.69 Å². The summed E-state index contributed by atoms with van der Waals surface area (Å²) in [4.78, 5) is 17.3. The summed E-state index contributed by atoms with van der Waals surface area (Å²) in [5.41, 5.74) is 3.25. The number of anilines is 1. The summed E-state index contributed by atoms with van der Waals surface area (Å²) in [5.74, 6) is -0.322. The average Bonchev–Trinajstić information content (AvgIpc) is 3.00. The highest BCUT2D eigenvalue weighted by Gasteiger charge is 2.20. The zero-order valence-electron chi connectivity index (χ0n) is 16.9. The lowest BCUT2D eigenvalue weighted by Gasteiger charge is -2.14. The number of hydroxylamine groups is 1. The van der Waals surface area contributed by atoms with Gasteiger partial charge in [0.2, 0.25) is 0 Å². The summed E-state index contributed by atoms with van der Waals surface area (Å²) in [5, 5.41) is 7.74. The molecular weight excluding hydrogens is 428 g/mol. The van der Waals surface area contributed by atoms with Crippen molar-refractivity contribution in [2.75, 3.05) is 19.5 Å². The molecule has 10 heteroatoms. The Morgan fingerprint density at radius 3 is 2.20 bits per heavy atom. The van der Waals surface area contributed by atoms with Crippen molar-refractivity contribution < 1.29 is 18.0 Å². The summed E-state index contributed by atoms with van der Waals surface area (Å²) in [6, 6.07) is 12.7. The lowest BCUT2D eigenvalue weighted by atomic mass is 10.2. The number of rotatable bonds is 6. The molecule has 8 nitrogen and oxygen atoms in total. The van der Waals surface area contributed by atoms with Crippen molar-refractivity contribution in [2.45, 2.75) is 18.7 Å². The molecule has 0 bridgehead atoms. The molecule has 158 valence electrons. The predicted molar refractivity (Wildman–Crippen MR) is 114 cm³/mol. The molecular formula is C20H21ClN4O4S. The van der Waals surface area contributed by atoms with Gasteiger partial charge in [0.15, 0.2) is 0 Å². The van der Waals surface area contributed by atoms with Crippen molar-refractivity contribution in [3.05, 3.63) is 70.5 Å². The molecule has 2 aromatic carbocycles. The number of aryl methyl sites for hydroxylation is 1. The molecule has 0 aliphatic carbocycles. The molecule has 1 aromatic heterocycles. The average molecular weight is 449 g/mol. The maximum atomic E-state index is 12.5. The van der Waals surface area contributed by atoms with E-state index in [9.17, 15) is 13.2 Å². The summed E-state index contributed by atoms with van der Waals surface area (Å²) in [6.07, 6.45) is 0. The number of amides is 1. The number of sulfonamides is 1. The molecule has 0 saturated carbocycles. The molecule has 0 aliphatic heterocycles. The van der Waals surface area contributed by atoms with Gasteiger partial charge in [-0.15, -0.1) is 0 Å². The Labute approximate surface area is 180 Å². The Kier molecular flexibility index (Phi) is 6.27. The van der Waals surface area contributed by atoms with Gasteiger partial charge in [-0.3, -0.25) is 9.63 Å². The van der Waals surface area contributed by atoms with E-state index in [1.54, 1.807) is 28.9 Å². The Hall–Kier alpha value is -2.72. The molecule has 0 fully saturated rings. The van der Waals surface area contributed by atoms with Gasteiger partial charge >= 0.3 is 0 Å². The molecule has 3 rings (SSSR count). The number of carbonyl (C=O) groups is 1. The van der Waals surface area contributed by atoms with Gasteiger partial charge in [0, 0.05) is 18.3 Å². The van der Waals surface area contributed by atoms with E-state index in [4.69, 9.17) is 16.4 Å². The Morgan fingerprint density at radius 2 is 1.70 bits per heavy atom. The van der Waals surface area contributed by atoms with E-state index in [1.807, 2.05) is 13.8 Å². The first-order valence-electron chi connectivity index (χ1n) is 8.91. The molecule has 0 saturated heterocycles. The minimum atomic E-state index is -3.74. The molecule has 3 aromatic rings. The lowest BCUT2D eigenvalue weighted by Crippen LogP contribution is -2.25. The number of benzene rings is 2. The predicted octanol–water partition coefficient (Wildman–Crippen LogP) is 3.58. The first kappa shape index (κ1) is 22.0. The van der Waals surface area contributed by atoms with Crippen LogP contribution in [0.5, 0.6) is 0 Å². The molecule has 1 heterocycles. The monoisotopic (exact) mass is 448 g/mol. The van der Waals surface area contributed by atoms with Crippen LogP contribution in [0, 0.1) is 13.8 Å². The fourth-order valence-corrected chi connectivity index (χ4v) is 3.88. The minimum Gasteiger partial charge on any atom is -0.322 e. The number of aromatic nitrogens is 2. The van der Waals surface area contributed by atoms with Gasteiger partial charge in [0.1, 0.15) is 0 Å². The fraction of sp³-hybridized carbons (Fsp3) is 0.200. The second-order valence-electron chi connectivity index (χ2n) is 6.52. The van der Waals surface area contributed by atoms with Crippen molar-refractivity contribution in [3.63, 3.8) is 0 Å². The van der Waals surface area contributed by atoms with E-state index in [0.29, 0.717) is 16.3 Å². The minimum absolute atomic E-state index is 0.0535.